The number of benzene rings is 1. The molecule has 0 radical (unpaired) electrons. The number of hydrogen-bond acceptors (Lipinski definition) is 7. The lowest BCUT2D eigenvalue weighted by molar-refractivity contribution is -0.384. The van der Waals surface area contributed by atoms with Crippen LogP contribution in [0.1, 0.15) is 19.3 Å². The molecule has 1 aliphatic heterocycles. The maximum absolute atomic E-state index is 10.7. The molecule has 1 N–H and O–H groups in total. The Morgan fingerprint density at radius 2 is 1.78 bits per heavy atom. The van der Waals surface area contributed by atoms with Gasteiger partial charge in [0.1, 0.15) is 0 Å². The van der Waals surface area contributed by atoms with Crippen LogP contribution in [0.2, 0.25) is 5.28 Å². The van der Waals surface area contributed by atoms with Crippen molar-refractivity contribution in [1.29, 1.82) is 0 Å². The van der Waals surface area contributed by atoms with E-state index >= 15 is 0 Å². The first-order chi connectivity index (χ1) is 11.1. The summed E-state index contributed by atoms with van der Waals surface area (Å²) in [6.45, 7) is 1.80. The number of nitro groups is 1. The lowest BCUT2D eigenvalue weighted by atomic mass is 10.1. The molecule has 1 fully saturated rings. The van der Waals surface area contributed by atoms with E-state index < -0.39 is 4.92 Å². The maximum atomic E-state index is 10.7. The fraction of sp³-hybridized carbons (Fsp3) is 0.357. The molecule has 1 saturated heterocycles. The Morgan fingerprint density at radius 3 is 2.43 bits per heavy atom. The summed E-state index contributed by atoms with van der Waals surface area (Å²) in [4.78, 5) is 24.9. The number of nitrogens with zero attached hydrogens (tertiary/aromatic N) is 5. The lowest BCUT2D eigenvalue weighted by Crippen LogP contribution is -2.31. The first-order valence-electron chi connectivity index (χ1n) is 7.30. The minimum Gasteiger partial charge on any atom is -0.341 e. The zero-order chi connectivity index (χ0) is 16.2. The second-order valence-electron chi connectivity index (χ2n) is 5.20. The second-order valence-corrected chi connectivity index (χ2v) is 5.54. The van der Waals surface area contributed by atoms with Gasteiger partial charge in [0.25, 0.3) is 5.69 Å². The molecule has 2 aromatic rings. The second kappa shape index (κ2) is 6.74. The van der Waals surface area contributed by atoms with Gasteiger partial charge in [0.15, 0.2) is 0 Å². The monoisotopic (exact) mass is 334 g/mol. The van der Waals surface area contributed by atoms with Crippen molar-refractivity contribution in [1.82, 2.24) is 15.0 Å². The first kappa shape index (κ1) is 15.4. The summed E-state index contributed by atoms with van der Waals surface area (Å²) in [7, 11) is 0. The summed E-state index contributed by atoms with van der Waals surface area (Å²) < 4.78 is 0. The van der Waals surface area contributed by atoms with Crippen molar-refractivity contribution in [3.05, 3.63) is 39.7 Å². The summed E-state index contributed by atoms with van der Waals surface area (Å²) in [6, 6.07) is 6.01. The van der Waals surface area contributed by atoms with Crippen molar-refractivity contribution in [3.63, 3.8) is 0 Å². The third kappa shape index (κ3) is 3.84. The third-order valence-electron chi connectivity index (χ3n) is 3.57. The van der Waals surface area contributed by atoms with Gasteiger partial charge in [-0.25, -0.2) is 0 Å². The molecular weight excluding hydrogens is 320 g/mol. The Kier molecular flexibility index (Phi) is 4.52. The summed E-state index contributed by atoms with van der Waals surface area (Å²) in [5.74, 6) is 0.869. The molecule has 8 nitrogen and oxygen atoms in total. The molecule has 120 valence electrons. The number of nitrogens with one attached hydrogen (secondary N) is 1. The van der Waals surface area contributed by atoms with Crippen LogP contribution >= 0.6 is 11.6 Å². The van der Waals surface area contributed by atoms with Crippen LogP contribution in [0.4, 0.5) is 23.3 Å². The van der Waals surface area contributed by atoms with Crippen LogP contribution in [-0.4, -0.2) is 33.0 Å². The van der Waals surface area contributed by atoms with Crippen LogP contribution in [0, 0.1) is 10.1 Å². The third-order valence-corrected chi connectivity index (χ3v) is 3.74. The van der Waals surface area contributed by atoms with E-state index in [4.69, 9.17) is 11.6 Å². The van der Waals surface area contributed by atoms with Gasteiger partial charge in [0.2, 0.25) is 17.2 Å². The average molecular weight is 335 g/mol. The molecule has 0 aliphatic carbocycles. The predicted octanol–water partition coefficient (Wildman–Crippen LogP) is 3.17. The van der Waals surface area contributed by atoms with Crippen molar-refractivity contribution in [2.24, 2.45) is 0 Å². The quantitative estimate of drug-likeness (QED) is 0.677. The molecule has 0 saturated carbocycles. The summed E-state index contributed by atoms with van der Waals surface area (Å²) >= 11 is 5.98. The summed E-state index contributed by atoms with van der Waals surface area (Å²) in [5.41, 5.74) is 0.667. The standard InChI is InChI=1S/C14H15ClN6O2/c15-12-17-13(16-10-4-6-11(7-5-10)21(22)23)19-14(18-12)20-8-2-1-3-9-20/h4-7H,1-3,8-9H2,(H,16,17,18,19). The Bertz CT molecular complexity index is 703. The number of piperidine rings is 1. The molecule has 23 heavy (non-hydrogen) atoms. The highest BCUT2D eigenvalue weighted by atomic mass is 35.5. The molecule has 0 spiro atoms. The van der Waals surface area contributed by atoms with Gasteiger partial charge in [-0.15, -0.1) is 0 Å². The van der Waals surface area contributed by atoms with Gasteiger partial charge in [0.05, 0.1) is 4.92 Å². The molecule has 9 heteroatoms. The van der Waals surface area contributed by atoms with E-state index in [1.165, 1.54) is 18.6 Å². The molecule has 0 amide bonds. The van der Waals surface area contributed by atoms with E-state index in [-0.39, 0.29) is 11.0 Å². The van der Waals surface area contributed by atoms with Gasteiger partial charge in [-0.1, -0.05) is 0 Å². The molecule has 1 aromatic heterocycles. The van der Waals surface area contributed by atoms with Gasteiger partial charge < -0.3 is 10.2 Å². The van der Waals surface area contributed by atoms with Crippen LogP contribution in [0.3, 0.4) is 0 Å². The zero-order valence-corrected chi connectivity index (χ0v) is 13.0. The number of aromatic nitrogens is 3. The van der Waals surface area contributed by atoms with Gasteiger partial charge >= 0.3 is 0 Å². The molecule has 3 rings (SSSR count). The van der Waals surface area contributed by atoms with Crippen LogP contribution in [0.5, 0.6) is 0 Å². The normalized spacial score (nSPS) is 14.6. The van der Waals surface area contributed by atoms with E-state index in [0.29, 0.717) is 17.6 Å². The SMILES string of the molecule is O=[N+]([O-])c1ccc(Nc2nc(Cl)nc(N3CCCCC3)n2)cc1. The molecule has 2 heterocycles. The lowest BCUT2D eigenvalue weighted by Gasteiger charge is -2.26. The number of non-ortho nitro benzene ring substituents is 1. The number of halogens is 1. The topological polar surface area (TPSA) is 97.1 Å². The van der Waals surface area contributed by atoms with Crippen LogP contribution < -0.4 is 10.2 Å². The van der Waals surface area contributed by atoms with E-state index in [9.17, 15) is 10.1 Å². The van der Waals surface area contributed by atoms with Gasteiger partial charge in [-0.3, -0.25) is 10.1 Å². The van der Waals surface area contributed by atoms with E-state index in [0.717, 1.165) is 25.9 Å². The highest BCUT2D eigenvalue weighted by Gasteiger charge is 2.16. The number of hydrogen-bond donors (Lipinski definition) is 1. The number of anilines is 3. The smallest absolute Gasteiger partial charge is 0.269 e. The number of rotatable bonds is 4. The van der Waals surface area contributed by atoms with Gasteiger partial charge in [-0.2, -0.15) is 15.0 Å². The van der Waals surface area contributed by atoms with Crippen molar-refractivity contribution in [2.45, 2.75) is 19.3 Å². The fourth-order valence-corrected chi connectivity index (χ4v) is 2.58. The predicted molar refractivity (Wildman–Crippen MR) is 87.3 cm³/mol. The Balaban J connectivity index is 1.79. The Morgan fingerprint density at radius 1 is 1.09 bits per heavy atom. The van der Waals surface area contributed by atoms with Crippen molar-refractivity contribution in [3.8, 4) is 0 Å². The average Bonchev–Trinajstić information content (AvgIpc) is 2.55. The molecule has 1 aromatic carbocycles. The minimum absolute atomic E-state index is 0.0261. The van der Waals surface area contributed by atoms with Crippen molar-refractivity contribution in [2.75, 3.05) is 23.3 Å². The van der Waals surface area contributed by atoms with Crippen LogP contribution in [0.25, 0.3) is 0 Å². The van der Waals surface area contributed by atoms with Crippen LogP contribution in [-0.2, 0) is 0 Å². The van der Waals surface area contributed by atoms with Gasteiger partial charge in [-0.05, 0) is 43.0 Å². The molecule has 0 unspecified atom stereocenters. The van der Waals surface area contributed by atoms with Crippen LogP contribution in [0.15, 0.2) is 24.3 Å². The molecule has 0 bridgehead atoms. The van der Waals surface area contributed by atoms with E-state index in [2.05, 4.69) is 25.2 Å². The van der Waals surface area contributed by atoms with Crippen molar-refractivity contribution >= 4 is 34.9 Å². The zero-order valence-electron chi connectivity index (χ0n) is 12.3. The van der Waals surface area contributed by atoms with Crippen molar-refractivity contribution < 1.29 is 4.92 Å². The minimum atomic E-state index is -0.446. The summed E-state index contributed by atoms with van der Waals surface area (Å²) in [6.07, 6.45) is 3.42. The number of nitro benzene ring substituents is 1. The largest absolute Gasteiger partial charge is 0.341 e. The molecular formula is C14H15ClN6O2. The maximum Gasteiger partial charge on any atom is 0.269 e. The Labute approximate surface area is 137 Å². The highest BCUT2D eigenvalue weighted by molar-refractivity contribution is 6.28. The first-order valence-corrected chi connectivity index (χ1v) is 7.67. The van der Waals surface area contributed by atoms with E-state index in [1.807, 2.05) is 0 Å². The summed E-state index contributed by atoms with van der Waals surface area (Å²) in [5, 5.41) is 13.8. The molecule has 1 aliphatic rings. The molecule has 0 atom stereocenters. The fourth-order valence-electron chi connectivity index (χ4n) is 2.43. The van der Waals surface area contributed by atoms with E-state index in [1.54, 1.807) is 12.1 Å². The highest BCUT2D eigenvalue weighted by Crippen LogP contribution is 2.22. The Hall–Kier alpha value is -2.48. The van der Waals surface area contributed by atoms with Gasteiger partial charge in [0, 0.05) is 30.9 Å².